The highest BCUT2D eigenvalue weighted by molar-refractivity contribution is 6.12. The number of esters is 1. The summed E-state index contributed by atoms with van der Waals surface area (Å²) in [4.78, 5) is 35.2. The van der Waals surface area contributed by atoms with Crippen LogP contribution in [0.4, 0.5) is 0 Å². The summed E-state index contributed by atoms with van der Waals surface area (Å²) in [6.45, 7) is 3.13. The van der Waals surface area contributed by atoms with Gasteiger partial charge in [0.15, 0.2) is 0 Å². The first kappa shape index (κ1) is 20.4. The number of carbonyl (C=O) groups excluding carboxylic acids is 3. The van der Waals surface area contributed by atoms with Crippen molar-refractivity contribution in [2.75, 3.05) is 26.4 Å². The summed E-state index contributed by atoms with van der Waals surface area (Å²) >= 11 is 0. The molecule has 0 bridgehead atoms. The van der Waals surface area contributed by atoms with Crippen molar-refractivity contribution < 1.29 is 23.9 Å². The second kappa shape index (κ2) is 12.7. The van der Waals surface area contributed by atoms with Gasteiger partial charge >= 0.3 is 5.97 Å². The molecule has 0 aromatic carbocycles. The van der Waals surface area contributed by atoms with Crippen LogP contribution in [0.15, 0.2) is 12.2 Å². The van der Waals surface area contributed by atoms with Crippen LogP contribution in [0.3, 0.4) is 0 Å². The molecule has 6 nitrogen and oxygen atoms in total. The Balaban J connectivity index is 1.87. The highest BCUT2D eigenvalue weighted by atomic mass is 16.6. The van der Waals surface area contributed by atoms with E-state index in [1.807, 2.05) is 0 Å². The number of imide groups is 1. The third-order valence-corrected chi connectivity index (χ3v) is 3.83. The minimum atomic E-state index is -0.315. The van der Waals surface area contributed by atoms with E-state index in [2.05, 4.69) is 6.92 Å². The van der Waals surface area contributed by atoms with Gasteiger partial charge in [-0.25, -0.2) is 0 Å². The monoisotopic (exact) mass is 339 g/mol. The molecule has 2 amide bonds. The predicted octanol–water partition coefficient (Wildman–Crippen LogP) is 2.61. The van der Waals surface area contributed by atoms with Gasteiger partial charge in [-0.05, 0) is 6.42 Å². The first-order chi connectivity index (χ1) is 11.6. The standard InChI is InChI=1S/C18H29NO5/c1-2-3-4-5-6-7-8-9-18(22)24-15-14-23-13-12-19-16(20)10-11-17(19)21/h10-11H,2-9,12-15H2,1H3. The molecule has 0 N–H and O–H groups in total. The van der Waals surface area contributed by atoms with Gasteiger partial charge in [0.05, 0.1) is 19.8 Å². The molecule has 0 saturated heterocycles. The molecule has 0 aromatic heterocycles. The highest BCUT2D eigenvalue weighted by Crippen LogP contribution is 2.08. The van der Waals surface area contributed by atoms with E-state index in [0.717, 1.165) is 17.7 Å². The number of ether oxygens (including phenoxy) is 2. The van der Waals surface area contributed by atoms with Crippen LogP contribution >= 0.6 is 0 Å². The smallest absolute Gasteiger partial charge is 0.305 e. The second-order valence-corrected chi connectivity index (χ2v) is 5.87. The van der Waals surface area contributed by atoms with Crippen molar-refractivity contribution in [2.24, 2.45) is 0 Å². The molecule has 0 aromatic rings. The number of amides is 2. The van der Waals surface area contributed by atoms with Crippen molar-refractivity contribution in [2.45, 2.75) is 58.3 Å². The van der Waals surface area contributed by atoms with E-state index in [9.17, 15) is 14.4 Å². The Morgan fingerprint density at radius 3 is 2.21 bits per heavy atom. The van der Waals surface area contributed by atoms with Crippen molar-refractivity contribution in [1.82, 2.24) is 4.90 Å². The first-order valence-corrected chi connectivity index (χ1v) is 8.92. The fraction of sp³-hybridized carbons (Fsp3) is 0.722. The van der Waals surface area contributed by atoms with Gasteiger partial charge < -0.3 is 9.47 Å². The average Bonchev–Trinajstić information content (AvgIpc) is 2.88. The lowest BCUT2D eigenvalue weighted by molar-refractivity contribution is -0.145. The van der Waals surface area contributed by atoms with Gasteiger partial charge in [0, 0.05) is 18.6 Å². The Morgan fingerprint density at radius 1 is 0.917 bits per heavy atom. The summed E-state index contributed by atoms with van der Waals surface area (Å²) in [5.41, 5.74) is 0. The van der Waals surface area contributed by atoms with Crippen molar-refractivity contribution in [3.63, 3.8) is 0 Å². The van der Waals surface area contributed by atoms with Gasteiger partial charge in [0.2, 0.25) is 0 Å². The van der Waals surface area contributed by atoms with Crippen molar-refractivity contribution in [3.05, 3.63) is 12.2 Å². The fourth-order valence-electron chi connectivity index (χ4n) is 2.42. The molecule has 24 heavy (non-hydrogen) atoms. The molecule has 1 aliphatic heterocycles. The lowest BCUT2D eigenvalue weighted by Crippen LogP contribution is -2.33. The SMILES string of the molecule is CCCCCCCCCC(=O)OCCOCCN1C(=O)C=CC1=O. The Hall–Kier alpha value is -1.69. The summed E-state index contributed by atoms with van der Waals surface area (Å²) in [6.07, 6.45) is 11.1. The number of unbranched alkanes of at least 4 members (excludes halogenated alkanes) is 6. The molecular formula is C18H29NO5. The lowest BCUT2D eigenvalue weighted by atomic mass is 10.1. The quantitative estimate of drug-likeness (QED) is 0.276. The molecule has 1 rings (SSSR count). The molecule has 0 spiro atoms. The number of nitrogens with zero attached hydrogens (tertiary/aromatic N) is 1. The number of rotatable bonds is 14. The summed E-state index contributed by atoms with van der Waals surface area (Å²) in [6, 6.07) is 0. The maximum absolute atomic E-state index is 11.5. The van der Waals surface area contributed by atoms with Crippen molar-refractivity contribution in [3.8, 4) is 0 Å². The van der Waals surface area contributed by atoms with Gasteiger partial charge in [-0.3, -0.25) is 19.3 Å². The van der Waals surface area contributed by atoms with E-state index < -0.39 is 0 Å². The van der Waals surface area contributed by atoms with Crippen LogP contribution in [0.5, 0.6) is 0 Å². The number of hydrogen-bond donors (Lipinski definition) is 0. The summed E-state index contributed by atoms with van der Waals surface area (Å²) in [5, 5.41) is 0. The molecule has 0 radical (unpaired) electrons. The molecule has 136 valence electrons. The third-order valence-electron chi connectivity index (χ3n) is 3.83. The summed E-state index contributed by atoms with van der Waals surface area (Å²) in [5.74, 6) is -0.823. The van der Waals surface area contributed by atoms with E-state index in [1.165, 1.54) is 44.3 Å². The fourth-order valence-corrected chi connectivity index (χ4v) is 2.42. The molecule has 6 heteroatoms. The van der Waals surface area contributed by atoms with Crippen LogP contribution in [0, 0.1) is 0 Å². The molecule has 0 saturated carbocycles. The van der Waals surface area contributed by atoms with Gasteiger partial charge in [-0.15, -0.1) is 0 Å². The van der Waals surface area contributed by atoms with Gasteiger partial charge in [-0.2, -0.15) is 0 Å². The summed E-state index contributed by atoms with van der Waals surface area (Å²) < 4.78 is 10.3. The van der Waals surface area contributed by atoms with Crippen LogP contribution in [-0.4, -0.2) is 49.0 Å². The number of hydrogen-bond acceptors (Lipinski definition) is 5. The average molecular weight is 339 g/mol. The minimum absolute atomic E-state index is 0.193. The van der Waals surface area contributed by atoms with Crippen molar-refractivity contribution >= 4 is 17.8 Å². The number of carbonyl (C=O) groups is 3. The molecule has 0 atom stereocenters. The molecule has 1 aliphatic rings. The van der Waals surface area contributed by atoms with E-state index in [1.54, 1.807) is 0 Å². The van der Waals surface area contributed by atoms with E-state index in [-0.39, 0.29) is 44.1 Å². The third kappa shape index (κ3) is 8.82. The second-order valence-electron chi connectivity index (χ2n) is 5.87. The van der Waals surface area contributed by atoms with Crippen LogP contribution in [0.25, 0.3) is 0 Å². The zero-order valence-electron chi connectivity index (χ0n) is 14.6. The normalized spacial score (nSPS) is 13.8. The zero-order valence-corrected chi connectivity index (χ0v) is 14.6. The Bertz CT molecular complexity index is 415. The van der Waals surface area contributed by atoms with Crippen LogP contribution in [0.1, 0.15) is 58.3 Å². The Labute approximate surface area is 144 Å². The Morgan fingerprint density at radius 2 is 1.54 bits per heavy atom. The van der Waals surface area contributed by atoms with Gasteiger partial charge in [-0.1, -0.05) is 45.4 Å². The van der Waals surface area contributed by atoms with Gasteiger partial charge in [0.1, 0.15) is 6.61 Å². The lowest BCUT2D eigenvalue weighted by Gasteiger charge is -2.13. The Kier molecular flexibility index (Phi) is 10.8. The molecular weight excluding hydrogens is 310 g/mol. The van der Waals surface area contributed by atoms with Gasteiger partial charge in [0.25, 0.3) is 11.8 Å². The summed E-state index contributed by atoms with van der Waals surface area (Å²) in [7, 11) is 0. The maximum atomic E-state index is 11.5. The van der Waals surface area contributed by atoms with Crippen LogP contribution in [0.2, 0.25) is 0 Å². The van der Waals surface area contributed by atoms with Crippen LogP contribution < -0.4 is 0 Å². The van der Waals surface area contributed by atoms with E-state index >= 15 is 0 Å². The van der Waals surface area contributed by atoms with E-state index in [0.29, 0.717) is 6.42 Å². The van der Waals surface area contributed by atoms with E-state index in [4.69, 9.17) is 9.47 Å². The zero-order chi connectivity index (χ0) is 17.6. The maximum Gasteiger partial charge on any atom is 0.305 e. The van der Waals surface area contributed by atoms with Crippen LogP contribution in [-0.2, 0) is 23.9 Å². The first-order valence-electron chi connectivity index (χ1n) is 8.92. The molecule has 1 heterocycles. The highest BCUT2D eigenvalue weighted by Gasteiger charge is 2.22. The van der Waals surface area contributed by atoms with Crippen molar-refractivity contribution in [1.29, 1.82) is 0 Å². The molecule has 0 unspecified atom stereocenters. The minimum Gasteiger partial charge on any atom is -0.463 e. The molecule has 0 aliphatic carbocycles. The predicted molar refractivity (Wildman–Crippen MR) is 90.2 cm³/mol. The molecule has 0 fully saturated rings. The largest absolute Gasteiger partial charge is 0.463 e. The topological polar surface area (TPSA) is 72.9 Å².